The van der Waals surface area contributed by atoms with E-state index in [1.54, 1.807) is 25.3 Å². The summed E-state index contributed by atoms with van der Waals surface area (Å²) < 4.78 is 23.9. The van der Waals surface area contributed by atoms with E-state index in [1.165, 1.54) is 30.5 Å². The highest BCUT2D eigenvalue weighted by molar-refractivity contribution is 5.95. The third kappa shape index (κ3) is 4.32. The van der Waals surface area contributed by atoms with E-state index in [4.69, 9.17) is 9.47 Å². The molecule has 0 unspecified atom stereocenters. The number of nitrogens with zero attached hydrogens (tertiary/aromatic N) is 2. The number of hydrogen-bond donors (Lipinski definition) is 0. The predicted molar refractivity (Wildman–Crippen MR) is 105 cm³/mol. The lowest BCUT2D eigenvalue weighted by Gasteiger charge is -2.25. The molecule has 1 amide bonds. The molecule has 5 nitrogen and oxygen atoms in total. The number of halogens is 1. The molecule has 27 heavy (non-hydrogen) atoms. The van der Waals surface area contributed by atoms with Gasteiger partial charge in [0.2, 0.25) is 0 Å². The Morgan fingerprint density at radius 3 is 2.37 bits per heavy atom. The fourth-order valence-electron chi connectivity index (χ4n) is 3.36. The van der Waals surface area contributed by atoms with Crippen molar-refractivity contribution in [3.05, 3.63) is 48.0 Å². The number of benzene rings is 2. The molecule has 0 N–H and O–H groups in total. The lowest BCUT2D eigenvalue weighted by Crippen LogP contribution is -2.32. The van der Waals surface area contributed by atoms with Crippen LogP contribution in [0.15, 0.2) is 42.5 Å². The third-order valence-corrected chi connectivity index (χ3v) is 4.84. The number of rotatable bonds is 7. The summed E-state index contributed by atoms with van der Waals surface area (Å²) in [4.78, 5) is 16.0. The van der Waals surface area contributed by atoms with Crippen LogP contribution >= 0.6 is 0 Å². The van der Waals surface area contributed by atoms with Gasteiger partial charge in [0.05, 0.1) is 26.5 Å². The molecule has 1 heterocycles. The van der Waals surface area contributed by atoms with Gasteiger partial charge in [-0.3, -0.25) is 4.79 Å². The van der Waals surface area contributed by atoms with Gasteiger partial charge in [0.25, 0.3) is 5.91 Å². The molecule has 6 heteroatoms. The van der Waals surface area contributed by atoms with Gasteiger partial charge in [0.15, 0.2) is 6.67 Å². The van der Waals surface area contributed by atoms with Gasteiger partial charge in [0.1, 0.15) is 11.5 Å². The first-order chi connectivity index (χ1) is 13.2. The fourth-order valence-corrected chi connectivity index (χ4v) is 3.36. The van der Waals surface area contributed by atoms with E-state index < -0.39 is 12.6 Å². The maximum atomic E-state index is 13.2. The van der Waals surface area contributed by atoms with Crippen molar-refractivity contribution in [1.82, 2.24) is 0 Å². The van der Waals surface area contributed by atoms with Crippen LogP contribution in [0.25, 0.3) is 0 Å². The van der Waals surface area contributed by atoms with Crippen molar-refractivity contribution in [2.24, 2.45) is 0 Å². The molecule has 0 radical (unpaired) electrons. The van der Waals surface area contributed by atoms with E-state index in [0.717, 1.165) is 18.7 Å². The molecule has 2 aromatic carbocycles. The van der Waals surface area contributed by atoms with Crippen molar-refractivity contribution in [2.45, 2.75) is 19.4 Å². The molecule has 2 aromatic rings. The van der Waals surface area contributed by atoms with E-state index >= 15 is 0 Å². The molecular weight excluding hydrogens is 347 g/mol. The van der Waals surface area contributed by atoms with Gasteiger partial charge in [-0.05, 0) is 42.7 Å². The minimum atomic E-state index is -1.08. The van der Waals surface area contributed by atoms with Gasteiger partial charge in [-0.15, -0.1) is 0 Å². The molecule has 0 atom stereocenters. The predicted octanol–water partition coefficient (Wildman–Crippen LogP) is 3.81. The van der Waals surface area contributed by atoms with Crippen LogP contribution in [0.1, 0.15) is 18.4 Å². The van der Waals surface area contributed by atoms with Gasteiger partial charge in [0, 0.05) is 24.8 Å². The summed E-state index contributed by atoms with van der Waals surface area (Å²) in [6.07, 6.45) is 2.44. The lowest BCUT2D eigenvalue weighted by atomic mass is 10.1. The van der Waals surface area contributed by atoms with E-state index in [2.05, 4.69) is 17.0 Å². The Bertz CT molecular complexity index is 773. The normalized spacial score (nSPS) is 13.5. The number of carbonyl (C=O) groups excluding carboxylic acids is 1. The number of carbonyl (C=O) groups is 1. The van der Waals surface area contributed by atoms with Crippen molar-refractivity contribution < 1.29 is 18.7 Å². The molecular formula is C21H25FN2O3. The minimum Gasteiger partial charge on any atom is -0.497 e. The van der Waals surface area contributed by atoms with Crippen molar-refractivity contribution in [3.8, 4) is 11.5 Å². The minimum absolute atomic E-state index is 0.257. The zero-order valence-electron chi connectivity index (χ0n) is 15.8. The monoisotopic (exact) mass is 372 g/mol. The van der Waals surface area contributed by atoms with Gasteiger partial charge < -0.3 is 19.3 Å². The number of anilines is 2. The van der Waals surface area contributed by atoms with Crippen molar-refractivity contribution in [1.29, 1.82) is 0 Å². The van der Waals surface area contributed by atoms with Crippen LogP contribution in [-0.4, -0.2) is 39.9 Å². The Morgan fingerprint density at radius 2 is 1.78 bits per heavy atom. The van der Waals surface area contributed by atoms with Crippen LogP contribution < -0.4 is 19.3 Å². The number of hydrogen-bond acceptors (Lipinski definition) is 4. The van der Waals surface area contributed by atoms with Gasteiger partial charge in [-0.25, -0.2) is 4.39 Å². The quantitative estimate of drug-likeness (QED) is 0.741. The molecule has 1 fully saturated rings. The highest BCUT2D eigenvalue weighted by Gasteiger charge is 2.21. The van der Waals surface area contributed by atoms with Crippen LogP contribution in [0.2, 0.25) is 0 Å². The maximum absolute atomic E-state index is 13.2. The SMILES string of the molecule is COc1ccc(OC)c(N(Cc2ccc(N3CCCC3)cc2)C(=O)CF)c1. The first-order valence-corrected chi connectivity index (χ1v) is 9.08. The molecule has 1 aliphatic rings. The number of alkyl halides is 1. The second-order valence-electron chi connectivity index (χ2n) is 6.51. The fraction of sp³-hybridized carbons (Fsp3) is 0.381. The molecule has 144 valence electrons. The average molecular weight is 372 g/mol. The standard InChI is InChI=1S/C21H25FN2O3/c1-26-18-9-10-20(27-2)19(13-18)24(21(25)14-22)15-16-5-7-17(8-6-16)23-11-3-4-12-23/h5-10,13H,3-4,11-12,14-15H2,1-2H3. The Morgan fingerprint density at radius 1 is 1.07 bits per heavy atom. The second kappa shape index (κ2) is 8.75. The van der Waals surface area contributed by atoms with Gasteiger partial charge >= 0.3 is 0 Å². The lowest BCUT2D eigenvalue weighted by molar-refractivity contribution is -0.119. The summed E-state index contributed by atoms with van der Waals surface area (Å²) >= 11 is 0. The van der Waals surface area contributed by atoms with Crippen LogP contribution in [0.3, 0.4) is 0 Å². The molecule has 3 rings (SSSR count). The Kier molecular flexibility index (Phi) is 6.16. The van der Waals surface area contributed by atoms with E-state index in [9.17, 15) is 9.18 Å². The van der Waals surface area contributed by atoms with Crippen LogP contribution in [0.4, 0.5) is 15.8 Å². The van der Waals surface area contributed by atoms with Crippen molar-refractivity contribution >= 4 is 17.3 Å². The molecule has 0 bridgehead atoms. The van der Waals surface area contributed by atoms with Gasteiger partial charge in [-0.1, -0.05) is 12.1 Å². The first-order valence-electron chi connectivity index (χ1n) is 9.08. The van der Waals surface area contributed by atoms with Crippen molar-refractivity contribution in [3.63, 3.8) is 0 Å². The molecule has 0 aromatic heterocycles. The number of ether oxygens (including phenoxy) is 2. The summed E-state index contributed by atoms with van der Waals surface area (Å²) in [5.74, 6) is 0.447. The third-order valence-electron chi connectivity index (χ3n) is 4.84. The summed E-state index contributed by atoms with van der Waals surface area (Å²) in [7, 11) is 3.07. The molecule has 0 aliphatic carbocycles. The zero-order chi connectivity index (χ0) is 19.2. The summed E-state index contributed by atoms with van der Waals surface area (Å²) in [6.45, 7) is 1.33. The Labute approximate surface area is 159 Å². The first kappa shape index (κ1) is 19.0. The van der Waals surface area contributed by atoms with Crippen LogP contribution in [-0.2, 0) is 11.3 Å². The number of amides is 1. The topological polar surface area (TPSA) is 42.0 Å². The van der Waals surface area contributed by atoms with E-state index in [1.807, 2.05) is 12.1 Å². The molecule has 1 saturated heterocycles. The number of methoxy groups -OCH3 is 2. The van der Waals surface area contributed by atoms with Crippen LogP contribution in [0.5, 0.6) is 11.5 Å². The smallest absolute Gasteiger partial charge is 0.258 e. The van der Waals surface area contributed by atoms with E-state index in [-0.39, 0.29) is 6.54 Å². The Balaban J connectivity index is 1.86. The molecule has 0 spiro atoms. The Hall–Kier alpha value is -2.76. The molecule has 1 aliphatic heterocycles. The zero-order valence-corrected chi connectivity index (χ0v) is 15.8. The van der Waals surface area contributed by atoms with E-state index in [0.29, 0.717) is 17.2 Å². The molecule has 0 saturated carbocycles. The summed E-state index contributed by atoms with van der Waals surface area (Å²) in [5, 5.41) is 0. The second-order valence-corrected chi connectivity index (χ2v) is 6.51. The largest absolute Gasteiger partial charge is 0.497 e. The highest BCUT2D eigenvalue weighted by Crippen LogP contribution is 2.33. The summed E-state index contributed by atoms with van der Waals surface area (Å²) in [5.41, 5.74) is 2.59. The maximum Gasteiger partial charge on any atom is 0.258 e. The van der Waals surface area contributed by atoms with Crippen molar-refractivity contribution in [2.75, 3.05) is 43.8 Å². The highest BCUT2D eigenvalue weighted by atomic mass is 19.1. The van der Waals surface area contributed by atoms with Gasteiger partial charge in [-0.2, -0.15) is 0 Å². The average Bonchev–Trinajstić information content (AvgIpc) is 3.26. The summed E-state index contributed by atoms with van der Waals surface area (Å²) in [6, 6.07) is 13.2. The van der Waals surface area contributed by atoms with Crippen LogP contribution in [0, 0.1) is 0 Å².